The van der Waals surface area contributed by atoms with E-state index < -0.39 is 0 Å². The highest BCUT2D eigenvalue weighted by molar-refractivity contribution is 7.09. The molecule has 9 heteroatoms. The van der Waals surface area contributed by atoms with Crippen molar-refractivity contribution in [1.29, 1.82) is 0 Å². The standard InChI is InChI=1S/C23H32N6O2S/c1-17-19(15-25-20(26-17)28-9-11-31-12-10-28)29-16-23(27-21(29)30)7-5-22(24-2,6-8-23)14-18-4-3-13-32-18/h3-4,13,15,24H,5-12,14,16H2,1-2H3,(H,27,30)/t22-,23+. The van der Waals surface area contributed by atoms with Crippen LogP contribution < -0.4 is 20.4 Å². The lowest BCUT2D eigenvalue weighted by Gasteiger charge is -2.44. The Hall–Kier alpha value is -2.23. The second kappa shape index (κ2) is 8.61. The van der Waals surface area contributed by atoms with Crippen molar-refractivity contribution < 1.29 is 9.53 Å². The van der Waals surface area contributed by atoms with Crippen LogP contribution >= 0.6 is 11.3 Å². The second-order valence-corrected chi connectivity index (χ2v) is 10.4. The van der Waals surface area contributed by atoms with Crippen LogP contribution in [0.4, 0.5) is 16.4 Å². The van der Waals surface area contributed by atoms with E-state index in [-0.39, 0.29) is 17.1 Å². The maximum absolute atomic E-state index is 13.0. The number of carbonyl (C=O) groups excluding carboxylic acids is 1. The second-order valence-electron chi connectivity index (χ2n) is 9.32. The SMILES string of the molecule is CN[C@]1(Cc2cccs2)CC[C@]2(CC1)CN(c1cnc(N3CCOCC3)nc1C)C(=O)N2. The highest BCUT2D eigenvalue weighted by Crippen LogP contribution is 2.41. The molecule has 172 valence electrons. The summed E-state index contributed by atoms with van der Waals surface area (Å²) in [6.07, 6.45) is 6.87. The summed E-state index contributed by atoms with van der Waals surface area (Å²) >= 11 is 1.82. The summed E-state index contributed by atoms with van der Waals surface area (Å²) in [7, 11) is 2.07. The average Bonchev–Trinajstić information content (AvgIpc) is 3.44. The summed E-state index contributed by atoms with van der Waals surface area (Å²) in [6.45, 7) is 5.62. The Morgan fingerprint density at radius 1 is 1.25 bits per heavy atom. The van der Waals surface area contributed by atoms with Gasteiger partial charge < -0.3 is 20.3 Å². The molecule has 2 saturated heterocycles. The first-order chi connectivity index (χ1) is 15.5. The van der Waals surface area contributed by atoms with Crippen LogP contribution in [0, 0.1) is 6.92 Å². The minimum Gasteiger partial charge on any atom is -0.378 e. The Bertz CT molecular complexity index is 951. The number of nitrogens with one attached hydrogen (secondary N) is 2. The van der Waals surface area contributed by atoms with E-state index in [9.17, 15) is 4.79 Å². The fourth-order valence-corrected chi connectivity index (χ4v) is 6.13. The zero-order valence-electron chi connectivity index (χ0n) is 18.9. The topological polar surface area (TPSA) is 82.6 Å². The first-order valence-electron chi connectivity index (χ1n) is 11.5. The van der Waals surface area contributed by atoms with E-state index in [2.05, 4.69) is 45.1 Å². The Balaban J connectivity index is 1.28. The first kappa shape index (κ1) is 21.6. The molecular weight excluding hydrogens is 424 g/mol. The third-order valence-corrected chi connectivity index (χ3v) is 8.27. The van der Waals surface area contributed by atoms with E-state index in [1.54, 1.807) is 0 Å². The van der Waals surface area contributed by atoms with Gasteiger partial charge in [0.15, 0.2) is 0 Å². The molecular formula is C23H32N6O2S. The van der Waals surface area contributed by atoms with Crippen molar-refractivity contribution in [3.8, 4) is 0 Å². The van der Waals surface area contributed by atoms with E-state index in [1.165, 1.54) is 4.88 Å². The molecule has 32 heavy (non-hydrogen) atoms. The summed E-state index contributed by atoms with van der Waals surface area (Å²) in [6, 6.07) is 4.31. The van der Waals surface area contributed by atoms with E-state index in [0.29, 0.717) is 25.7 Å². The number of aryl methyl sites for hydroxylation is 1. The number of likely N-dealkylation sites (N-methyl/N-ethyl adjacent to an activating group) is 1. The molecule has 2 aromatic heterocycles. The fraction of sp³-hybridized carbons (Fsp3) is 0.609. The summed E-state index contributed by atoms with van der Waals surface area (Å²) in [5.41, 5.74) is 1.57. The largest absolute Gasteiger partial charge is 0.378 e. The van der Waals surface area contributed by atoms with E-state index >= 15 is 0 Å². The van der Waals surface area contributed by atoms with Gasteiger partial charge in [-0.05, 0) is 57.5 Å². The molecule has 2 aliphatic heterocycles. The van der Waals surface area contributed by atoms with Crippen LogP contribution in [-0.4, -0.2) is 67.0 Å². The summed E-state index contributed by atoms with van der Waals surface area (Å²) in [4.78, 5) is 27.7. The number of nitrogens with zero attached hydrogens (tertiary/aromatic N) is 4. The zero-order valence-corrected chi connectivity index (χ0v) is 19.7. The number of ether oxygens (including phenoxy) is 1. The Morgan fingerprint density at radius 2 is 2.03 bits per heavy atom. The van der Waals surface area contributed by atoms with Crippen LogP contribution in [-0.2, 0) is 11.2 Å². The molecule has 2 aromatic rings. The van der Waals surface area contributed by atoms with E-state index in [0.717, 1.165) is 56.6 Å². The maximum atomic E-state index is 13.0. The summed E-state index contributed by atoms with van der Waals surface area (Å²) in [5, 5.41) is 9.08. The molecule has 0 radical (unpaired) electrons. The molecule has 1 saturated carbocycles. The van der Waals surface area contributed by atoms with Crippen molar-refractivity contribution in [1.82, 2.24) is 20.6 Å². The van der Waals surface area contributed by atoms with Gasteiger partial charge in [0.05, 0.1) is 42.9 Å². The molecule has 2 amide bonds. The number of carbonyl (C=O) groups is 1. The van der Waals surface area contributed by atoms with Crippen LogP contribution in [0.2, 0.25) is 0 Å². The normalized spacial score (nSPS) is 28.4. The van der Waals surface area contributed by atoms with Crippen LogP contribution in [0.3, 0.4) is 0 Å². The summed E-state index contributed by atoms with van der Waals surface area (Å²) in [5.74, 6) is 0.717. The molecule has 3 aliphatic rings. The van der Waals surface area contributed by atoms with Gasteiger partial charge in [-0.1, -0.05) is 6.07 Å². The van der Waals surface area contributed by atoms with Gasteiger partial charge in [0, 0.05) is 23.5 Å². The molecule has 0 aromatic carbocycles. The zero-order chi connectivity index (χ0) is 22.2. The Labute approximate surface area is 193 Å². The van der Waals surface area contributed by atoms with Crippen molar-refractivity contribution in [2.75, 3.05) is 49.7 Å². The number of hydrogen-bond donors (Lipinski definition) is 2. The van der Waals surface area contributed by atoms with Gasteiger partial charge in [-0.15, -0.1) is 11.3 Å². The van der Waals surface area contributed by atoms with Crippen LogP contribution in [0.1, 0.15) is 36.3 Å². The predicted molar refractivity (Wildman–Crippen MR) is 127 cm³/mol. The van der Waals surface area contributed by atoms with Gasteiger partial charge >= 0.3 is 6.03 Å². The van der Waals surface area contributed by atoms with Crippen LogP contribution in [0.5, 0.6) is 0 Å². The molecule has 5 rings (SSSR count). The van der Waals surface area contributed by atoms with Crippen molar-refractivity contribution >= 4 is 29.0 Å². The molecule has 3 fully saturated rings. The van der Waals surface area contributed by atoms with Crippen LogP contribution in [0.15, 0.2) is 23.7 Å². The number of aromatic nitrogens is 2. The number of amides is 2. The van der Waals surface area contributed by atoms with Crippen molar-refractivity contribution in [3.63, 3.8) is 0 Å². The van der Waals surface area contributed by atoms with Gasteiger partial charge in [-0.3, -0.25) is 4.90 Å². The lowest BCUT2D eigenvalue weighted by molar-refractivity contribution is 0.122. The third-order valence-electron chi connectivity index (χ3n) is 7.39. The van der Waals surface area contributed by atoms with Crippen molar-refractivity contribution in [2.45, 2.75) is 50.1 Å². The monoisotopic (exact) mass is 456 g/mol. The minimum absolute atomic E-state index is 0.0361. The third kappa shape index (κ3) is 4.09. The highest BCUT2D eigenvalue weighted by Gasteiger charge is 2.49. The summed E-state index contributed by atoms with van der Waals surface area (Å²) < 4.78 is 5.42. The number of rotatable bonds is 5. The predicted octanol–water partition coefficient (Wildman–Crippen LogP) is 2.73. The average molecular weight is 457 g/mol. The van der Waals surface area contributed by atoms with Crippen LogP contribution in [0.25, 0.3) is 0 Å². The molecule has 1 spiro atoms. The lowest BCUT2D eigenvalue weighted by Crippen LogP contribution is -2.56. The van der Waals surface area contributed by atoms with Gasteiger partial charge in [-0.2, -0.15) is 0 Å². The lowest BCUT2D eigenvalue weighted by atomic mass is 9.71. The quantitative estimate of drug-likeness (QED) is 0.720. The maximum Gasteiger partial charge on any atom is 0.322 e. The van der Waals surface area contributed by atoms with Gasteiger partial charge in [-0.25, -0.2) is 14.8 Å². The van der Waals surface area contributed by atoms with Gasteiger partial charge in [0.2, 0.25) is 5.95 Å². The highest BCUT2D eigenvalue weighted by atomic mass is 32.1. The van der Waals surface area contributed by atoms with Crippen molar-refractivity contribution in [2.24, 2.45) is 0 Å². The molecule has 0 unspecified atom stereocenters. The van der Waals surface area contributed by atoms with E-state index in [4.69, 9.17) is 9.72 Å². The molecule has 1 aliphatic carbocycles. The molecule has 0 bridgehead atoms. The number of urea groups is 1. The molecule has 4 heterocycles. The molecule has 2 N–H and O–H groups in total. The van der Waals surface area contributed by atoms with Gasteiger partial charge in [0.1, 0.15) is 0 Å². The number of hydrogen-bond acceptors (Lipinski definition) is 7. The number of morpholine rings is 1. The molecule has 8 nitrogen and oxygen atoms in total. The van der Waals surface area contributed by atoms with E-state index in [1.807, 2.05) is 29.4 Å². The molecule has 0 atom stereocenters. The number of anilines is 2. The smallest absolute Gasteiger partial charge is 0.322 e. The minimum atomic E-state index is -0.178. The first-order valence-corrected chi connectivity index (χ1v) is 12.4. The Kier molecular flexibility index (Phi) is 5.81. The fourth-order valence-electron chi connectivity index (χ4n) is 5.28. The van der Waals surface area contributed by atoms with Gasteiger partial charge in [0.25, 0.3) is 0 Å². The van der Waals surface area contributed by atoms with Crippen molar-refractivity contribution in [3.05, 3.63) is 34.3 Å². The number of thiophene rings is 1. The Morgan fingerprint density at radius 3 is 2.69 bits per heavy atom.